The first-order valence-electron chi connectivity index (χ1n) is 5.62. The van der Waals surface area contributed by atoms with Crippen molar-refractivity contribution in [2.45, 2.75) is 20.8 Å². The predicted molar refractivity (Wildman–Crippen MR) is 74.6 cm³/mol. The third-order valence-corrected chi connectivity index (χ3v) is 3.94. The first-order chi connectivity index (χ1) is 8.08. The van der Waals surface area contributed by atoms with Crippen molar-refractivity contribution in [1.29, 1.82) is 0 Å². The van der Waals surface area contributed by atoms with E-state index in [2.05, 4.69) is 70.4 Å². The summed E-state index contributed by atoms with van der Waals surface area (Å²) in [4.78, 5) is 4.68. The summed E-state index contributed by atoms with van der Waals surface area (Å²) in [6.45, 7) is 6.31. The number of halogens is 1. The molecule has 0 aliphatic heterocycles. The van der Waals surface area contributed by atoms with Gasteiger partial charge in [-0.05, 0) is 72.1 Å². The summed E-state index contributed by atoms with van der Waals surface area (Å²) < 4.78 is 3.29. The molecule has 17 heavy (non-hydrogen) atoms. The maximum absolute atomic E-state index is 4.68. The van der Waals surface area contributed by atoms with Crippen molar-refractivity contribution < 1.29 is 0 Å². The van der Waals surface area contributed by atoms with Crippen LogP contribution in [0.25, 0.3) is 16.6 Å². The summed E-state index contributed by atoms with van der Waals surface area (Å²) in [5.41, 5.74) is 7.01. The molecule has 86 valence electrons. The van der Waals surface area contributed by atoms with Crippen molar-refractivity contribution in [3.05, 3.63) is 45.7 Å². The topological polar surface area (TPSA) is 17.3 Å². The van der Waals surface area contributed by atoms with Gasteiger partial charge in [-0.1, -0.05) is 0 Å². The third-order valence-electron chi connectivity index (χ3n) is 3.32. The van der Waals surface area contributed by atoms with Crippen LogP contribution in [0.1, 0.15) is 16.8 Å². The Labute approximate surface area is 108 Å². The first kappa shape index (κ1) is 10.8. The van der Waals surface area contributed by atoms with Gasteiger partial charge in [0, 0.05) is 0 Å². The number of benzene rings is 1. The zero-order chi connectivity index (χ0) is 12.2. The fraction of sp³-hybridized carbons (Fsp3) is 0.214. The summed E-state index contributed by atoms with van der Waals surface area (Å²) in [6, 6.07) is 8.53. The van der Waals surface area contributed by atoms with Gasteiger partial charge in [0.05, 0.1) is 26.8 Å². The standard InChI is InChI=1S/C14H13BrN2/c1-8-6-11-13(7-9(8)2)17-12(10(3)16-11)4-5-14(17)15/h4-7H,1-3H3. The second-order valence-electron chi connectivity index (χ2n) is 4.50. The molecule has 0 atom stereocenters. The van der Waals surface area contributed by atoms with Crippen molar-refractivity contribution in [1.82, 2.24) is 9.38 Å². The van der Waals surface area contributed by atoms with E-state index in [1.165, 1.54) is 11.1 Å². The zero-order valence-electron chi connectivity index (χ0n) is 10.1. The monoisotopic (exact) mass is 288 g/mol. The summed E-state index contributed by atoms with van der Waals surface area (Å²) in [5, 5.41) is 0. The lowest BCUT2D eigenvalue weighted by Gasteiger charge is -2.09. The Hall–Kier alpha value is -1.35. The largest absolute Gasteiger partial charge is 0.300 e. The minimum absolute atomic E-state index is 1.05. The normalized spacial score (nSPS) is 11.5. The van der Waals surface area contributed by atoms with Gasteiger partial charge in [0.25, 0.3) is 0 Å². The molecule has 0 spiro atoms. The molecule has 0 radical (unpaired) electrons. The Kier molecular flexibility index (Phi) is 2.26. The van der Waals surface area contributed by atoms with E-state index in [-0.39, 0.29) is 0 Å². The molecular weight excluding hydrogens is 276 g/mol. The van der Waals surface area contributed by atoms with Gasteiger partial charge in [-0.3, -0.25) is 0 Å². The Morgan fingerprint density at radius 1 is 1.00 bits per heavy atom. The van der Waals surface area contributed by atoms with Gasteiger partial charge in [0.15, 0.2) is 0 Å². The molecule has 0 saturated heterocycles. The highest BCUT2D eigenvalue weighted by Gasteiger charge is 2.09. The Morgan fingerprint density at radius 3 is 2.47 bits per heavy atom. The summed E-state index contributed by atoms with van der Waals surface area (Å²) in [6.07, 6.45) is 0. The maximum Gasteiger partial charge on any atom is 0.0898 e. The van der Waals surface area contributed by atoms with Crippen LogP contribution >= 0.6 is 15.9 Å². The highest BCUT2D eigenvalue weighted by atomic mass is 79.9. The molecule has 2 aromatic heterocycles. The van der Waals surface area contributed by atoms with Gasteiger partial charge in [-0.15, -0.1) is 0 Å². The molecule has 1 aromatic carbocycles. The lowest BCUT2D eigenvalue weighted by molar-refractivity contribution is 1.14. The SMILES string of the molecule is Cc1cc2nc(C)c3ccc(Br)n3c2cc1C. The average molecular weight is 289 g/mol. The van der Waals surface area contributed by atoms with E-state index >= 15 is 0 Å². The molecule has 3 heteroatoms. The van der Waals surface area contributed by atoms with E-state index < -0.39 is 0 Å². The molecule has 0 aliphatic rings. The van der Waals surface area contributed by atoms with Crippen LogP contribution in [0.4, 0.5) is 0 Å². The molecule has 0 saturated carbocycles. The number of rotatable bonds is 0. The Morgan fingerprint density at radius 2 is 1.71 bits per heavy atom. The first-order valence-corrected chi connectivity index (χ1v) is 6.42. The van der Waals surface area contributed by atoms with Gasteiger partial charge in [0.1, 0.15) is 0 Å². The highest BCUT2D eigenvalue weighted by molar-refractivity contribution is 9.10. The van der Waals surface area contributed by atoms with Crippen LogP contribution in [0.3, 0.4) is 0 Å². The van der Waals surface area contributed by atoms with E-state index in [4.69, 9.17) is 0 Å². The molecule has 3 aromatic rings. The summed E-state index contributed by atoms with van der Waals surface area (Å²) in [5.74, 6) is 0. The predicted octanol–water partition coefficient (Wildman–Crippen LogP) is 4.18. The van der Waals surface area contributed by atoms with Crippen LogP contribution in [0.15, 0.2) is 28.9 Å². The van der Waals surface area contributed by atoms with E-state index in [0.29, 0.717) is 0 Å². The fourth-order valence-corrected chi connectivity index (χ4v) is 2.75. The van der Waals surface area contributed by atoms with E-state index in [0.717, 1.165) is 26.8 Å². The molecule has 0 unspecified atom stereocenters. The third kappa shape index (κ3) is 1.49. The van der Waals surface area contributed by atoms with Crippen LogP contribution < -0.4 is 0 Å². The molecule has 0 aliphatic carbocycles. The molecule has 2 nitrogen and oxygen atoms in total. The van der Waals surface area contributed by atoms with E-state index in [1.54, 1.807) is 0 Å². The van der Waals surface area contributed by atoms with Crippen LogP contribution in [0.5, 0.6) is 0 Å². The van der Waals surface area contributed by atoms with Crippen LogP contribution in [0.2, 0.25) is 0 Å². The van der Waals surface area contributed by atoms with Crippen LogP contribution in [0, 0.1) is 20.8 Å². The van der Waals surface area contributed by atoms with Crippen molar-refractivity contribution in [3.63, 3.8) is 0 Å². The number of aromatic nitrogens is 2. The number of nitrogens with zero attached hydrogens (tertiary/aromatic N) is 2. The molecule has 3 rings (SSSR count). The van der Waals surface area contributed by atoms with Gasteiger partial charge in [-0.25, -0.2) is 4.98 Å². The van der Waals surface area contributed by atoms with E-state index in [1.807, 2.05) is 0 Å². The Bertz CT molecular complexity index is 741. The quantitative estimate of drug-likeness (QED) is 0.607. The van der Waals surface area contributed by atoms with E-state index in [9.17, 15) is 0 Å². The van der Waals surface area contributed by atoms with Gasteiger partial charge in [-0.2, -0.15) is 0 Å². The van der Waals surface area contributed by atoms with Crippen molar-refractivity contribution in [2.24, 2.45) is 0 Å². The lowest BCUT2D eigenvalue weighted by Crippen LogP contribution is -1.96. The second kappa shape index (κ2) is 3.57. The molecule has 0 fully saturated rings. The van der Waals surface area contributed by atoms with Gasteiger partial charge in [0.2, 0.25) is 0 Å². The lowest BCUT2D eigenvalue weighted by atomic mass is 10.1. The van der Waals surface area contributed by atoms with Gasteiger partial charge >= 0.3 is 0 Å². The minimum atomic E-state index is 1.05. The minimum Gasteiger partial charge on any atom is -0.300 e. The number of fused-ring (bicyclic) bond motifs is 3. The van der Waals surface area contributed by atoms with Crippen molar-refractivity contribution >= 4 is 32.5 Å². The zero-order valence-corrected chi connectivity index (χ0v) is 11.7. The van der Waals surface area contributed by atoms with Crippen molar-refractivity contribution in [3.8, 4) is 0 Å². The van der Waals surface area contributed by atoms with Crippen LogP contribution in [-0.2, 0) is 0 Å². The fourth-order valence-electron chi connectivity index (χ4n) is 2.23. The molecule has 0 bridgehead atoms. The molecule has 2 heterocycles. The van der Waals surface area contributed by atoms with Crippen molar-refractivity contribution in [2.75, 3.05) is 0 Å². The summed E-state index contributed by atoms with van der Waals surface area (Å²) >= 11 is 3.60. The average Bonchev–Trinajstić information content (AvgIpc) is 2.65. The molecule has 0 amide bonds. The Balaban J connectivity index is 2.62. The molecule has 0 N–H and O–H groups in total. The smallest absolute Gasteiger partial charge is 0.0898 e. The maximum atomic E-state index is 4.68. The molecular formula is C14H13BrN2. The van der Waals surface area contributed by atoms with Gasteiger partial charge < -0.3 is 4.40 Å². The van der Waals surface area contributed by atoms with Crippen LogP contribution in [-0.4, -0.2) is 9.38 Å². The highest BCUT2D eigenvalue weighted by Crippen LogP contribution is 2.26. The number of aryl methyl sites for hydroxylation is 3. The second-order valence-corrected chi connectivity index (χ2v) is 5.31. The summed E-state index contributed by atoms with van der Waals surface area (Å²) in [7, 11) is 0. The number of hydrogen-bond donors (Lipinski definition) is 0. The number of hydrogen-bond acceptors (Lipinski definition) is 1.